The van der Waals surface area contributed by atoms with Crippen molar-refractivity contribution in [1.29, 1.82) is 0 Å². The molecular weight excluding hydrogens is 383 g/mol. The fraction of sp³-hybridized carbons (Fsp3) is 0.652. The van der Waals surface area contributed by atoms with Crippen molar-refractivity contribution in [2.45, 2.75) is 43.9 Å². The van der Waals surface area contributed by atoms with Crippen molar-refractivity contribution in [3.63, 3.8) is 0 Å². The fourth-order valence-electron chi connectivity index (χ4n) is 4.85. The minimum absolute atomic E-state index is 0.131. The molecule has 1 amide bonds. The van der Waals surface area contributed by atoms with Gasteiger partial charge in [0.1, 0.15) is 5.82 Å². The van der Waals surface area contributed by atoms with Crippen LogP contribution in [0.1, 0.15) is 44.1 Å². The second-order valence-electron chi connectivity index (χ2n) is 8.87. The number of halogens is 1. The van der Waals surface area contributed by atoms with Crippen molar-refractivity contribution in [2.75, 3.05) is 47.4 Å². The summed E-state index contributed by atoms with van der Waals surface area (Å²) in [5.41, 5.74) is 0.632. The summed E-state index contributed by atoms with van der Waals surface area (Å²) in [5.74, 6) is 0.662. The van der Waals surface area contributed by atoms with Crippen molar-refractivity contribution < 1.29 is 13.9 Å². The molecule has 1 aliphatic carbocycles. The Hall–Kier alpha value is -2.15. The molecule has 1 saturated heterocycles. The van der Waals surface area contributed by atoms with Gasteiger partial charge in [0.2, 0.25) is 5.91 Å². The van der Waals surface area contributed by atoms with Crippen LogP contribution in [-0.4, -0.2) is 64.2 Å². The average molecular weight is 419 g/mol. The van der Waals surface area contributed by atoms with E-state index in [1.807, 2.05) is 26.2 Å². The van der Waals surface area contributed by atoms with E-state index in [1.165, 1.54) is 12.1 Å². The molecule has 0 atom stereocenters. The Morgan fingerprint density at radius 3 is 2.23 bits per heavy atom. The smallest absolute Gasteiger partial charge is 0.230 e. The highest BCUT2D eigenvalue weighted by molar-refractivity contribution is 5.85. The van der Waals surface area contributed by atoms with Gasteiger partial charge < -0.3 is 20.3 Å². The van der Waals surface area contributed by atoms with Crippen LogP contribution in [0.2, 0.25) is 0 Å². The molecule has 1 heterocycles. The summed E-state index contributed by atoms with van der Waals surface area (Å²) in [4.78, 5) is 18.9. The number of hydrogen-bond acceptors (Lipinski definition) is 3. The van der Waals surface area contributed by atoms with E-state index in [4.69, 9.17) is 4.74 Å². The first-order chi connectivity index (χ1) is 14.4. The molecule has 0 radical (unpaired) electrons. The number of benzene rings is 1. The largest absolute Gasteiger partial charge is 0.381 e. The number of nitrogens with one attached hydrogen (secondary N) is 2. The molecule has 1 aromatic rings. The second kappa shape index (κ2) is 9.77. The van der Waals surface area contributed by atoms with Crippen molar-refractivity contribution in [1.82, 2.24) is 15.5 Å². The summed E-state index contributed by atoms with van der Waals surface area (Å²) in [6, 6.07) is 6.80. The van der Waals surface area contributed by atoms with Gasteiger partial charge in [-0.05, 0) is 43.4 Å². The lowest BCUT2D eigenvalue weighted by molar-refractivity contribution is -0.138. The predicted molar refractivity (Wildman–Crippen MR) is 117 cm³/mol. The molecule has 0 bridgehead atoms. The molecule has 166 valence electrons. The van der Waals surface area contributed by atoms with Crippen LogP contribution in [0.3, 0.4) is 0 Å². The zero-order chi connectivity index (χ0) is 21.6. The third-order valence-electron chi connectivity index (χ3n) is 6.74. The molecule has 2 N–H and O–H groups in total. The summed E-state index contributed by atoms with van der Waals surface area (Å²) in [7, 11) is 5.40. The lowest BCUT2D eigenvalue weighted by Crippen LogP contribution is -2.52. The minimum atomic E-state index is -0.353. The molecule has 7 heteroatoms. The zero-order valence-electron chi connectivity index (χ0n) is 18.5. The van der Waals surface area contributed by atoms with E-state index in [1.54, 1.807) is 11.9 Å². The maximum absolute atomic E-state index is 13.5. The van der Waals surface area contributed by atoms with Crippen LogP contribution in [-0.2, 0) is 14.9 Å². The molecule has 2 fully saturated rings. The van der Waals surface area contributed by atoms with Gasteiger partial charge in [-0.3, -0.25) is 9.79 Å². The van der Waals surface area contributed by atoms with Gasteiger partial charge in [0.05, 0.1) is 5.41 Å². The summed E-state index contributed by atoms with van der Waals surface area (Å²) < 4.78 is 19.0. The lowest BCUT2D eigenvalue weighted by Gasteiger charge is -2.38. The number of amides is 1. The van der Waals surface area contributed by atoms with E-state index in [0.717, 1.165) is 44.1 Å². The van der Waals surface area contributed by atoms with Crippen LogP contribution in [0.15, 0.2) is 29.3 Å². The molecule has 30 heavy (non-hydrogen) atoms. The molecule has 1 aliphatic heterocycles. The number of carbonyl (C=O) groups is 1. The monoisotopic (exact) mass is 418 g/mol. The average Bonchev–Trinajstić information content (AvgIpc) is 3.24. The highest BCUT2D eigenvalue weighted by atomic mass is 19.1. The summed E-state index contributed by atoms with van der Waals surface area (Å²) >= 11 is 0. The quantitative estimate of drug-likeness (QED) is 0.551. The maximum atomic E-state index is 13.5. The van der Waals surface area contributed by atoms with Crippen molar-refractivity contribution in [3.8, 4) is 0 Å². The SMILES string of the molecule is CN=C(NCC1(C(=O)N(C)C)CCCC1)NCC1(c2ccc(F)cc2)CCOCC1. The highest BCUT2D eigenvalue weighted by Crippen LogP contribution is 2.39. The number of rotatable bonds is 6. The van der Waals surface area contributed by atoms with Gasteiger partial charge in [-0.2, -0.15) is 0 Å². The molecule has 1 aromatic carbocycles. The van der Waals surface area contributed by atoms with Gasteiger partial charge in [0.25, 0.3) is 0 Å². The van der Waals surface area contributed by atoms with E-state index in [2.05, 4.69) is 15.6 Å². The normalized spacial score (nSPS) is 20.6. The molecule has 0 unspecified atom stereocenters. The Kier molecular flexibility index (Phi) is 7.34. The van der Waals surface area contributed by atoms with E-state index < -0.39 is 0 Å². The second-order valence-corrected chi connectivity index (χ2v) is 8.87. The third kappa shape index (κ3) is 4.94. The topological polar surface area (TPSA) is 66.0 Å². The Labute approximate surface area is 179 Å². The molecule has 0 aromatic heterocycles. The number of carbonyl (C=O) groups excluding carboxylic acids is 1. The third-order valence-corrected chi connectivity index (χ3v) is 6.74. The molecule has 6 nitrogen and oxygen atoms in total. The fourth-order valence-corrected chi connectivity index (χ4v) is 4.85. The number of guanidine groups is 1. The first-order valence-corrected chi connectivity index (χ1v) is 10.9. The molecule has 0 spiro atoms. The first kappa shape index (κ1) is 22.5. The van der Waals surface area contributed by atoms with Crippen LogP contribution >= 0.6 is 0 Å². The summed E-state index contributed by atoms with van der Waals surface area (Å²) in [6.07, 6.45) is 5.72. The number of nitrogens with zero attached hydrogens (tertiary/aromatic N) is 2. The summed E-state index contributed by atoms with van der Waals surface area (Å²) in [5, 5.41) is 6.87. The maximum Gasteiger partial charge on any atom is 0.230 e. The highest BCUT2D eigenvalue weighted by Gasteiger charge is 2.42. The Morgan fingerprint density at radius 1 is 1.07 bits per heavy atom. The van der Waals surface area contributed by atoms with Gasteiger partial charge in [-0.1, -0.05) is 25.0 Å². The lowest BCUT2D eigenvalue weighted by atomic mass is 9.74. The standard InChI is InChI=1S/C23H35FN4O2/c1-25-21(27-17-23(10-4-5-11-23)20(29)28(2)3)26-16-22(12-14-30-15-13-22)18-6-8-19(24)9-7-18/h6-9H,4-5,10-17H2,1-3H3,(H2,25,26,27). The Balaban J connectivity index is 1.67. The van der Waals surface area contributed by atoms with Gasteiger partial charge >= 0.3 is 0 Å². The van der Waals surface area contributed by atoms with E-state index >= 15 is 0 Å². The molecular formula is C23H35FN4O2. The molecule has 2 aliphatic rings. The van der Waals surface area contributed by atoms with Crippen LogP contribution in [0.4, 0.5) is 4.39 Å². The van der Waals surface area contributed by atoms with E-state index in [9.17, 15) is 9.18 Å². The van der Waals surface area contributed by atoms with Gasteiger partial charge in [-0.15, -0.1) is 0 Å². The predicted octanol–water partition coefficient (Wildman–Crippen LogP) is 2.69. The van der Waals surface area contributed by atoms with Gasteiger partial charge in [0, 0.05) is 52.9 Å². The minimum Gasteiger partial charge on any atom is -0.381 e. The van der Waals surface area contributed by atoms with Gasteiger partial charge in [-0.25, -0.2) is 4.39 Å². The Bertz CT molecular complexity index is 736. The van der Waals surface area contributed by atoms with Crippen LogP contribution in [0.25, 0.3) is 0 Å². The van der Waals surface area contributed by atoms with Gasteiger partial charge in [0.15, 0.2) is 5.96 Å². The van der Waals surface area contributed by atoms with Crippen molar-refractivity contribution in [2.24, 2.45) is 10.4 Å². The van der Waals surface area contributed by atoms with Crippen LogP contribution in [0.5, 0.6) is 0 Å². The number of ether oxygens (including phenoxy) is 1. The Morgan fingerprint density at radius 2 is 1.67 bits per heavy atom. The first-order valence-electron chi connectivity index (χ1n) is 10.9. The summed E-state index contributed by atoms with van der Waals surface area (Å²) in [6.45, 7) is 2.63. The molecule has 1 saturated carbocycles. The zero-order valence-corrected chi connectivity index (χ0v) is 18.5. The van der Waals surface area contributed by atoms with Crippen LogP contribution < -0.4 is 10.6 Å². The van der Waals surface area contributed by atoms with Crippen molar-refractivity contribution >= 4 is 11.9 Å². The van der Waals surface area contributed by atoms with Crippen LogP contribution in [0, 0.1) is 11.2 Å². The van der Waals surface area contributed by atoms with E-state index in [0.29, 0.717) is 32.3 Å². The van der Waals surface area contributed by atoms with E-state index in [-0.39, 0.29) is 22.6 Å². The molecule has 3 rings (SSSR count). The van der Waals surface area contributed by atoms with Crippen molar-refractivity contribution in [3.05, 3.63) is 35.6 Å². The number of aliphatic imine (C=N–C) groups is 1. The number of hydrogen-bond donors (Lipinski definition) is 2.